The molecule has 1 fully saturated rings. The molecular formula is C26H40O4. The van der Waals surface area contributed by atoms with Crippen LogP contribution < -0.4 is 0 Å². The van der Waals surface area contributed by atoms with Gasteiger partial charge in [0, 0.05) is 17.4 Å². The summed E-state index contributed by atoms with van der Waals surface area (Å²) in [6, 6.07) is 0. The zero-order valence-electron chi connectivity index (χ0n) is 19.4. The molecule has 3 rings (SSSR count). The lowest BCUT2D eigenvalue weighted by molar-refractivity contribution is -0.130. The monoisotopic (exact) mass is 416 g/mol. The fourth-order valence-electron chi connectivity index (χ4n) is 5.79. The SMILES string of the molecule is CCCCCCCCCCCC1=C(O)C(=O)C2=C(OC(C)(C)[C@H]3CC[C@@H](C)[C@H]23)C1=O. The summed E-state index contributed by atoms with van der Waals surface area (Å²) in [5, 5.41) is 10.6. The Kier molecular flexibility index (Phi) is 7.47. The molecule has 0 spiro atoms. The molecule has 0 amide bonds. The van der Waals surface area contributed by atoms with Gasteiger partial charge in [0.2, 0.25) is 11.6 Å². The minimum atomic E-state index is -0.458. The van der Waals surface area contributed by atoms with E-state index in [0.29, 0.717) is 17.9 Å². The van der Waals surface area contributed by atoms with Crippen molar-refractivity contribution in [1.82, 2.24) is 0 Å². The highest BCUT2D eigenvalue weighted by molar-refractivity contribution is 6.23. The maximum absolute atomic E-state index is 13.2. The van der Waals surface area contributed by atoms with Gasteiger partial charge >= 0.3 is 0 Å². The number of aliphatic hydroxyl groups excluding tert-OH is 1. The number of carbonyl (C=O) groups is 2. The number of ether oxygens (including phenoxy) is 1. The van der Waals surface area contributed by atoms with Gasteiger partial charge < -0.3 is 9.84 Å². The third-order valence-corrected chi connectivity index (χ3v) is 7.57. The normalized spacial score (nSPS) is 27.9. The van der Waals surface area contributed by atoms with E-state index in [2.05, 4.69) is 13.8 Å². The molecule has 1 saturated carbocycles. The molecule has 0 radical (unpaired) electrons. The van der Waals surface area contributed by atoms with Crippen LogP contribution in [0.3, 0.4) is 0 Å². The number of rotatable bonds is 10. The van der Waals surface area contributed by atoms with Crippen molar-refractivity contribution in [2.24, 2.45) is 17.8 Å². The largest absolute Gasteiger partial charge is 0.504 e. The van der Waals surface area contributed by atoms with E-state index in [-0.39, 0.29) is 40.5 Å². The summed E-state index contributed by atoms with van der Waals surface area (Å²) in [6.45, 7) is 8.44. The van der Waals surface area contributed by atoms with Gasteiger partial charge in [0.25, 0.3) is 0 Å². The Morgan fingerprint density at radius 2 is 1.53 bits per heavy atom. The predicted molar refractivity (Wildman–Crippen MR) is 119 cm³/mol. The standard InChI is InChI=1S/C26H40O4/c1-5-6-7-8-9-10-11-12-13-14-18-22(27)24(29)21-20-17(2)15-16-19(20)26(3,4)30-25(21)23(18)28/h17,19-20,27H,5-16H2,1-4H3/t17-,19+,20+/m1/s1. The molecule has 0 aromatic heterocycles. The molecule has 4 nitrogen and oxygen atoms in total. The van der Waals surface area contributed by atoms with E-state index < -0.39 is 5.60 Å². The highest BCUT2D eigenvalue weighted by atomic mass is 16.5. The van der Waals surface area contributed by atoms with E-state index in [0.717, 1.165) is 32.1 Å². The summed E-state index contributed by atoms with van der Waals surface area (Å²) in [4.78, 5) is 26.3. The van der Waals surface area contributed by atoms with Gasteiger partial charge in [-0.3, -0.25) is 9.59 Å². The van der Waals surface area contributed by atoms with Gasteiger partial charge in [-0.2, -0.15) is 0 Å². The highest BCUT2D eigenvalue weighted by Crippen LogP contribution is 2.54. The number of Topliss-reactive ketones (excluding diaryl/α,β-unsaturated/α-hetero) is 2. The Morgan fingerprint density at radius 1 is 0.933 bits per heavy atom. The predicted octanol–water partition coefficient (Wildman–Crippen LogP) is 6.60. The van der Waals surface area contributed by atoms with Gasteiger partial charge in [0.15, 0.2) is 11.5 Å². The summed E-state index contributed by atoms with van der Waals surface area (Å²) in [7, 11) is 0. The summed E-state index contributed by atoms with van der Waals surface area (Å²) >= 11 is 0. The number of allylic oxidation sites excluding steroid dienone is 2. The number of hydrogen-bond donors (Lipinski definition) is 1. The lowest BCUT2D eigenvalue weighted by Crippen LogP contribution is -2.47. The molecule has 0 aromatic rings. The first-order valence-corrected chi connectivity index (χ1v) is 12.2. The fourth-order valence-corrected chi connectivity index (χ4v) is 5.79. The molecule has 0 saturated heterocycles. The van der Waals surface area contributed by atoms with Gasteiger partial charge in [-0.05, 0) is 45.4 Å². The number of unbranched alkanes of at least 4 members (excludes halogenated alkanes) is 8. The van der Waals surface area contributed by atoms with Crippen LogP contribution in [0, 0.1) is 17.8 Å². The summed E-state index contributed by atoms with van der Waals surface area (Å²) < 4.78 is 6.16. The van der Waals surface area contributed by atoms with Crippen LogP contribution in [0.4, 0.5) is 0 Å². The van der Waals surface area contributed by atoms with Gasteiger partial charge in [-0.15, -0.1) is 0 Å². The second-order valence-corrected chi connectivity index (χ2v) is 10.2. The van der Waals surface area contributed by atoms with Gasteiger partial charge in [0.1, 0.15) is 5.60 Å². The maximum Gasteiger partial charge on any atom is 0.227 e. The number of carbonyl (C=O) groups excluding carboxylic acids is 2. The van der Waals surface area contributed by atoms with Crippen LogP contribution in [-0.2, 0) is 14.3 Å². The van der Waals surface area contributed by atoms with Crippen LogP contribution >= 0.6 is 0 Å². The van der Waals surface area contributed by atoms with E-state index in [1.165, 1.54) is 38.5 Å². The molecule has 4 heteroatoms. The molecule has 168 valence electrons. The number of aliphatic hydroxyl groups is 1. The molecule has 0 unspecified atom stereocenters. The molecular weight excluding hydrogens is 376 g/mol. The number of hydrogen-bond acceptors (Lipinski definition) is 4. The average Bonchev–Trinajstić information content (AvgIpc) is 3.10. The fraction of sp³-hybridized carbons (Fsp3) is 0.769. The Balaban J connectivity index is 1.61. The Bertz CT molecular complexity index is 727. The van der Waals surface area contributed by atoms with Crippen molar-refractivity contribution in [3.8, 4) is 0 Å². The molecule has 3 atom stereocenters. The Labute approximate surface area is 182 Å². The van der Waals surface area contributed by atoms with Crippen LogP contribution in [0.2, 0.25) is 0 Å². The lowest BCUT2D eigenvalue weighted by atomic mass is 9.70. The molecule has 1 N–H and O–H groups in total. The van der Waals surface area contributed by atoms with E-state index in [1.807, 2.05) is 13.8 Å². The number of ketones is 2. The minimum Gasteiger partial charge on any atom is -0.504 e. The summed E-state index contributed by atoms with van der Waals surface area (Å²) in [5.74, 6) is -0.164. The first kappa shape index (κ1) is 23.1. The van der Waals surface area contributed by atoms with Crippen molar-refractivity contribution in [2.75, 3.05) is 0 Å². The second-order valence-electron chi connectivity index (χ2n) is 10.2. The summed E-state index contributed by atoms with van der Waals surface area (Å²) in [5.41, 5.74) is 0.254. The van der Waals surface area contributed by atoms with Crippen LogP contribution in [-0.4, -0.2) is 22.3 Å². The highest BCUT2D eigenvalue weighted by Gasteiger charge is 2.55. The molecule has 30 heavy (non-hydrogen) atoms. The van der Waals surface area contributed by atoms with Crippen LogP contribution in [0.15, 0.2) is 22.7 Å². The van der Waals surface area contributed by atoms with Crippen LogP contribution in [0.25, 0.3) is 0 Å². The quantitative estimate of drug-likeness (QED) is 0.322. The van der Waals surface area contributed by atoms with Crippen molar-refractivity contribution >= 4 is 11.6 Å². The second kappa shape index (κ2) is 9.70. The van der Waals surface area contributed by atoms with E-state index >= 15 is 0 Å². The molecule has 1 aliphatic heterocycles. The van der Waals surface area contributed by atoms with E-state index in [9.17, 15) is 14.7 Å². The van der Waals surface area contributed by atoms with Crippen molar-refractivity contribution < 1.29 is 19.4 Å². The van der Waals surface area contributed by atoms with Crippen LogP contribution in [0.5, 0.6) is 0 Å². The lowest BCUT2D eigenvalue weighted by Gasteiger charge is -2.44. The number of fused-ring (bicyclic) bond motifs is 2. The van der Waals surface area contributed by atoms with Gasteiger partial charge in [-0.25, -0.2) is 0 Å². The topological polar surface area (TPSA) is 63.6 Å². The van der Waals surface area contributed by atoms with Crippen molar-refractivity contribution in [3.63, 3.8) is 0 Å². The minimum absolute atomic E-state index is 0.0107. The summed E-state index contributed by atoms with van der Waals surface area (Å²) in [6.07, 6.45) is 13.2. The van der Waals surface area contributed by atoms with Crippen molar-refractivity contribution in [2.45, 2.75) is 110 Å². The first-order valence-electron chi connectivity index (χ1n) is 12.2. The third-order valence-electron chi connectivity index (χ3n) is 7.57. The Hall–Kier alpha value is -1.58. The third kappa shape index (κ3) is 4.53. The average molecular weight is 417 g/mol. The molecule has 0 aromatic carbocycles. The van der Waals surface area contributed by atoms with E-state index in [4.69, 9.17) is 4.74 Å². The smallest absolute Gasteiger partial charge is 0.227 e. The van der Waals surface area contributed by atoms with Crippen LogP contribution in [0.1, 0.15) is 105 Å². The molecule has 3 aliphatic rings. The molecule has 2 aliphatic carbocycles. The van der Waals surface area contributed by atoms with Crippen molar-refractivity contribution in [3.05, 3.63) is 22.7 Å². The van der Waals surface area contributed by atoms with E-state index in [1.54, 1.807) is 0 Å². The van der Waals surface area contributed by atoms with Crippen molar-refractivity contribution in [1.29, 1.82) is 0 Å². The first-order chi connectivity index (χ1) is 14.3. The Morgan fingerprint density at radius 3 is 2.17 bits per heavy atom. The molecule has 1 heterocycles. The van der Waals surface area contributed by atoms with Gasteiger partial charge in [-0.1, -0.05) is 65.2 Å². The van der Waals surface area contributed by atoms with Gasteiger partial charge in [0.05, 0.1) is 5.57 Å². The zero-order valence-corrected chi connectivity index (χ0v) is 19.4. The maximum atomic E-state index is 13.2. The zero-order chi connectivity index (χ0) is 21.9. The molecule has 0 bridgehead atoms.